The van der Waals surface area contributed by atoms with Gasteiger partial charge in [-0.15, -0.1) is 0 Å². The van der Waals surface area contributed by atoms with Crippen LogP contribution in [-0.4, -0.2) is 63.8 Å². The molecule has 4 aliphatic rings. The Labute approximate surface area is 214 Å². The van der Waals surface area contributed by atoms with Gasteiger partial charge in [-0.3, -0.25) is 29.6 Å². The Hall–Kier alpha value is -2.97. The molecule has 6 rings (SSSR count). The Morgan fingerprint density at radius 2 is 1.86 bits per heavy atom. The highest BCUT2D eigenvalue weighted by Gasteiger charge is 2.41. The predicted octanol–water partition coefficient (Wildman–Crippen LogP) is 3.29. The minimum Gasteiger partial charge on any atom is -0.489 e. The average Bonchev–Trinajstić information content (AvgIpc) is 3.15. The fourth-order valence-electron chi connectivity index (χ4n) is 6.08. The predicted molar refractivity (Wildman–Crippen MR) is 133 cm³/mol. The zero-order chi connectivity index (χ0) is 24.8. The number of piperidine rings is 1. The standard InChI is InChI=1S/C27H29ClN4O4/c28-19-9-16(11-29-12-19)18-13-31(14-18)22-3-1-2-4-24(22)36-20-5-6-21-17(10-20)15-32(27(21)35)23-7-8-25(33)30-26(23)34/h5-6,9-12,18,22-24H,1-4,7-8,13-15H2,(H,30,33,34)/t22-,23-,24-/m0/s1. The molecule has 2 saturated heterocycles. The molecular weight excluding hydrogens is 480 g/mol. The molecule has 1 N–H and O–H groups in total. The number of amides is 3. The summed E-state index contributed by atoms with van der Waals surface area (Å²) < 4.78 is 6.53. The molecule has 3 fully saturated rings. The van der Waals surface area contributed by atoms with Crippen LogP contribution in [0.4, 0.5) is 0 Å². The molecule has 188 valence electrons. The summed E-state index contributed by atoms with van der Waals surface area (Å²) in [6.45, 7) is 2.31. The van der Waals surface area contributed by atoms with Gasteiger partial charge in [0.1, 0.15) is 17.9 Å². The molecule has 0 spiro atoms. The molecule has 36 heavy (non-hydrogen) atoms. The van der Waals surface area contributed by atoms with Gasteiger partial charge in [0, 0.05) is 56.0 Å². The molecule has 1 aromatic heterocycles. The van der Waals surface area contributed by atoms with E-state index in [1.807, 2.05) is 30.5 Å². The molecule has 3 amide bonds. The highest BCUT2D eigenvalue weighted by molar-refractivity contribution is 6.30. The lowest BCUT2D eigenvalue weighted by atomic mass is 9.85. The number of halogens is 1. The van der Waals surface area contributed by atoms with E-state index in [1.54, 1.807) is 11.1 Å². The van der Waals surface area contributed by atoms with E-state index in [9.17, 15) is 14.4 Å². The SMILES string of the molecule is O=C1CC[C@H](N2Cc3cc(O[C@H]4CCCC[C@@H]4N4CC(c5cncc(Cl)c5)C4)ccc3C2=O)C(=O)N1. The molecule has 2 aromatic rings. The monoisotopic (exact) mass is 508 g/mol. The zero-order valence-electron chi connectivity index (χ0n) is 20.0. The number of fused-ring (bicyclic) bond motifs is 1. The summed E-state index contributed by atoms with van der Waals surface area (Å²) in [5, 5.41) is 3.03. The van der Waals surface area contributed by atoms with Crippen LogP contribution in [0.3, 0.4) is 0 Å². The lowest BCUT2D eigenvalue weighted by Gasteiger charge is -2.48. The maximum Gasteiger partial charge on any atom is 0.255 e. The first-order valence-electron chi connectivity index (χ1n) is 12.7. The van der Waals surface area contributed by atoms with Crippen molar-refractivity contribution in [3.8, 4) is 5.75 Å². The van der Waals surface area contributed by atoms with Crippen LogP contribution >= 0.6 is 11.6 Å². The Morgan fingerprint density at radius 1 is 1.03 bits per heavy atom. The number of nitrogens with zero attached hydrogens (tertiary/aromatic N) is 3. The Balaban J connectivity index is 1.12. The number of likely N-dealkylation sites (tertiary alicyclic amines) is 1. The van der Waals surface area contributed by atoms with Gasteiger partial charge in [-0.05, 0) is 61.1 Å². The first-order valence-corrected chi connectivity index (χ1v) is 13.1. The van der Waals surface area contributed by atoms with Crippen molar-refractivity contribution < 1.29 is 19.1 Å². The summed E-state index contributed by atoms with van der Waals surface area (Å²) >= 11 is 6.13. The maximum absolute atomic E-state index is 13.0. The van der Waals surface area contributed by atoms with E-state index < -0.39 is 11.9 Å². The highest BCUT2D eigenvalue weighted by Crippen LogP contribution is 2.37. The van der Waals surface area contributed by atoms with Gasteiger partial charge in [0.2, 0.25) is 11.8 Å². The number of aromatic nitrogens is 1. The van der Waals surface area contributed by atoms with Crippen LogP contribution in [0, 0.1) is 0 Å². The molecule has 3 atom stereocenters. The largest absolute Gasteiger partial charge is 0.489 e. The number of ether oxygens (including phenoxy) is 1. The van der Waals surface area contributed by atoms with Gasteiger partial charge < -0.3 is 9.64 Å². The second-order valence-corrected chi connectivity index (χ2v) is 10.8. The van der Waals surface area contributed by atoms with Crippen LogP contribution < -0.4 is 10.1 Å². The van der Waals surface area contributed by atoms with Gasteiger partial charge in [-0.25, -0.2) is 0 Å². The Kier molecular flexibility index (Phi) is 6.17. The molecule has 0 bridgehead atoms. The third-order valence-corrected chi connectivity index (χ3v) is 8.23. The fraction of sp³-hybridized carbons (Fsp3) is 0.481. The minimum atomic E-state index is -0.608. The molecule has 0 radical (unpaired) electrons. The molecule has 9 heteroatoms. The molecule has 0 unspecified atom stereocenters. The van der Waals surface area contributed by atoms with Gasteiger partial charge in [-0.2, -0.15) is 0 Å². The zero-order valence-corrected chi connectivity index (χ0v) is 20.7. The smallest absolute Gasteiger partial charge is 0.255 e. The lowest BCUT2D eigenvalue weighted by Crippen LogP contribution is -2.57. The van der Waals surface area contributed by atoms with Crippen LogP contribution in [0.25, 0.3) is 0 Å². The first-order chi connectivity index (χ1) is 17.5. The molecule has 4 heterocycles. The van der Waals surface area contributed by atoms with E-state index in [0.717, 1.165) is 43.7 Å². The van der Waals surface area contributed by atoms with E-state index in [4.69, 9.17) is 16.3 Å². The number of rotatable bonds is 5. The highest BCUT2D eigenvalue weighted by atomic mass is 35.5. The van der Waals surface area contributed by atoms with Crippen molar-refractivity contribution in [3.05, 3.63) is 58.4 Å². The van der Waals surface area contributed by atoms with E-state index in [-0.39, 0.29) is 24.3 Å². The van der Waals surface area contributed by atoms with Crippen LogP contribution in [-0.2, 0) is 16.1 Å². The number of hydrogen-bond acceptors (Lipinski definition) is 6. The molecule has 8 nitrogen and oxygen atoms in total. The van der Waals surface area contributed by atoms with Crippen molar-refractivity contribution >= 4 is 29.3 Å². The summed E-state index contributed by atoms with van der Waals surface area (Å²) in [4.78, 5) is 45.1. The van der Waals surface area contributed by atoms with Gasteiger partial charge in [-0.1, -0.05) is 18.0 Å². The minimum absolute atomic E-state index is 0.0959. The molecule has 1 aliphatic carbocycles. The molecular formula is C27H29ClN4O4. The van der Waals surface area contributed by atoms with Crippen molar-refractivity contribution in [3.63, 3.8) is 0 Å². The molecule has 3 aliphatic heterocycles. The summed E-state index contributed by atoms with van der Waals surface area (Å²) in [6.07, 6.45) is 8.74. The second kappa shape index (κ2) is 9.48. The third kappa shape index (κ3) is 4.37. The number of carbonyl (C=O) groups is 3. The number of pyridine rings is 1. The quantitative estimate of drug-likeness (QED) is 0.623. The van der Waals surface area contributed by atoms with Gasteiger partial charge in [0.25, 0.3) is 5.91 Å². The van der Waals surface area contributed by atoms with E-state index in [1.165, 1.54) is 12.0 Å². The lowest BCUT2D eigenvalue weighted by molar-refractivity contribution is -0.136. The van der Waals surface area contributed by atoms with Crippen LogP contribution in [0.1, 0.15) is 65.9 Å². The number of benzene rings is 1. The second-order valence-electron chi connectivity index (χ2n) is 10.3. The van der Waals surface area contributed by atoms with Crippen molar-refractivity contribution in [2.45, 2.75) is 69.2 Å². The van der Waals surface area contributed by atoms with E-state index in [2.05, 4.69) is 15.2 Å². The van der Waals surface area contributed by atoms with Crippen LogP contribution in [0.2, 0.25) is 5.02 Å². The number of nitrogens with one attached hydrogen (secondary N) is 1. The van der Waals surface area contributed by atoms with Gasteiger partial charge >= 0.3 is 0 Å². The fourth-order valence-corrected chi connectivity index (χ4v) is 6.26. The van der Waals surface area contributed by atoms with E-state index in [0.29, 0.717) is 35.5 Å². The van der Waals surface area contributed by atoms with Crippen molar-refractivity contribution in [2.75, 3.05) is 13.1 Å². The molecule has 1 saturated carbocycles. The van der Waals surface area contributed by atoms with Crippen molar-refractivity contribution in [1.82, 2.24) is 20.1 Å². The number of imide groups is 1. The van der Waals surface area contributed by atoms with Crippen LogP contribution in [0.15, 0.2) is 36.7 Å². The summed E-state index contributed by atoms with van der Waals surface area (Å²) in [7, 11) is 0. The average molecular weight is 509 g/mol. The third-order valence-electron chi connectivity index (χ3n) is 8.03. The Morgan fingerprint density at radius 3 is 2.67 bits per heavy atom. The first kappa shape index (κ1) is 23.4. The number of carbonyl (C=O) groups excluding carboxylic acids is 3. The normalized spacial score (nSPS) is 27.0. The van der Waals surface area contributed by atoms with Crippen molar-refractivity contribution in [2.24, 2.45) is 0 Å². The number of hydrogen-bond donors (Lipinski definition) is 1. The summed E-state index contributed by atoms with van der Waals surface area (Å²) in [6, 6.07) is 7.38. The summed E-state index contributed by atoms with van der Waals surface area (Å²) in [5.74, 6) is 0.373. The topological polar surface area (TPSA) is 91.8 Å². The maximum atomic E-state index is 13.0. The summed E-state index contributed by atoms with van der Waals surface area (Å²) in [5.41, 5.74) is 2.66. The Bertz CT molecular complexity index is 1210. The van der Waals surface area contributed by atoms with Crippen molar-refractivity contribution in [1.29, 1.82) is 0 Å². The van der Waals surface area contributed by atoms with Gasteiger partial charge in [0.15, 0.2) is 0 Å². The molecule has 1 aromatic carbocycles. The van der Waals surface area contributed by atoms with E-state index >= 15 is 0 Å². The van der Waals surface area contributed by atoms with Crippen LogP contribution in [0.5, 0.6) is 5.75 Å². The van der Waals surface area contributed by atoms with Gasteiger partial charge in [0.05, 0.1) is 5.02 Å².